The molecule has 0 aromatic carbocycles. The molecule has 1 saturated heterocycles. The largest absolute Gasteiger partial charge is 0.335 e. The van der Waals surface area contributed by atoms with Crippen molar-refractivity contribution in [3.05, 3.63) is 24.3 Å². The molecule has 0 radical (unpaired) electrons. The minimum absolute atomic E-state index is 0.0139. The predicted octanol–water partition coefficient (Wildman–Crippen LogP) is 8.74. The number of halogens is 10. The lowest BCUT2D eigenvalue weighted by Gasteiger charge is -2.69. The van der Waals surface area contributed by atoms with Gasteiger partial charge in [-0.15, -0.1) is 0 Å². The molecule has 1 fully saturated rings. The summed E-state index contributed by atoms with van der Waals surface area (Å²) in [5, 5.41) is 0. The van der Waals surface area contributed by atoms with Crippen molar-refractivity contribution >= 4 is 159 Å². The van der Waals surface area contributed by atoms with Gasteiger partial charge in [0, 0.05) is 0 Å². The summed E-state index contributed by atoms with van der Waals surface area (Å²) in [4.78, 5) is 0.0722. The molecule has 0 N–H and O–H groups in total. The van der Waals surface area contributed by atoms with E-state index in [4.69, 9.17) is 4.74 Å². The van der Waals surface area contributed by atoms with Gasteiger partial charge in [-0.2, -0.15) is 0 Å². The fourth-order valence-electron chi connectivity index (χ4n) is 3.63. The molecule has 25 heavy (non-hydrogen) atoms. The van der Waals surface area contributed by atoms with E-state index < -0.39 is 24.1 Å². The summed E-state index contributed by atoms with van der Waals surface area (Å²) in [5.41, 5.74) is 0. The Morgan fingerprint density at radius 3 is 1.32 bits per heavy atom. The third-order valence-corrected chi connectivity index (χ3v) is 23.1. The molecule has 3 aliphatic rings. The molecule has 2 aliphatic carbocycles. The molecule has 11 heteroatoms. The van der Waals surface area contributed by atoms with Crippen molar-refractivity contribution in [3.63, 3.8) is 0 Å². The Bertz CT molecular complexity index is 610. The van der Waals surface area contributed by atoms with Crippen molar-refractivity contribution in [2.45, 2.75) is 40.7 Å². The summed E-state index contributed by atoms with van der Waals surface area (Å²) in [7, 11) is 0. The Balaban J connectivity index is 2.33. The minimum atomic E-state index is -0.781. The van der Waals surface area contributed by atoms with Crippen LogP contribution in [0.15, 0.2) is 24.3 Å². The average molecular weight is 993 g/mol. The van der Waals surface area contributed by atoms with Crippen LogP contribution in [0.3, 0.4) is 0 Å². The molecule has 0 aromatic heterocycles. The van der Waals surface area contributed by atoms with E-state index in [0.717, 1.165) is 0 Å². The van der Waals surface area contributed by atoms with Crippen LogP contribution < -0.4 is 0 Å². The Morgan fingerprint density at radius 1 is 0.680 bits per heavy atom. The van der Waals surface area contributed by atoms with E-state index in [2.05, 4.69) is 178 Å². The number of allylic oxidation sites excluding steroid dienone is 2. The van der Waals surface area contributed by atoms with Crippen molar-refractivity contribution < 1.29 is 4.74 Å². The summed E-state index contributed by atoms with van der Waals surface area (Å²) in [6, 6.07) is 0. The first-order chi connectivity index (χ1) is 11.1. The Kier molecular flexibility index (Phi) is 6.81. The number of ether oxygens (including phenoxy) is 1. The molecule has 1 aliphatic heterocycles. The van der Waals surface area contributed by atoms with Crippen LogP contribution in [0.2, 0.25) is 0 Å². The van der Waals surface area contributed by atoms with Gasteiger partial charge in [0.2, 0.25) is 0 Å². The molecule has 1 nitrogen and oxygen atoms in total. The molecule has 6 unspecified atom stereocenters. The molecular formula is C14H10Br10O. The molecule has 3 rings (SSSR count). The van der Waals surface area contributed by atoms with Crippen LogP contribution in [0.5, 0.6) is 0 Å². The quantitative estimate of drug-likeness (QED) is 0.175. The van der Waals surface area contributed by atoms with E-state index in [1.807, 2.05) is 12.2 Å². The van der Waals surface area contributed by atoms with E-state index in [9.17, 15) is 0 Å². The predicted molar refractivity (Wildman–Crippen MR) is 142 cm³/mol. The highest BCUT2D eigenvalue weighted by Crippen LogP contribution is 2.76. The Labute approximate surface area is 231 Å². The van der Waals surface area contributed by atoms with Crippen molar-refractivity contribution in [2.75, 3.05) is 0 Å². The monoisotopic (exact) mass is 983 g/mol. The number of hydrogen-bond acceptors (Lipinski definition) is 1. The lowest BCUT2D eigenvalue weighted by atomic mass is 9.67. The molecule has 142 valence electrons. The SMILES string of the molecule is CC1C2(Br)C(Br)(C=CC(Br)C2(Br)Br)OC2(Br)C=CC(Br)C(Br)(Br)C12Br. The highest BCUT2D eigenvalue weighted by molar-refractivity contribution is 9.27. The van der Waals surface area contributed by atoms with Gasteiger partial charge in [-0.25, -0.2) is 0 Å². The zero-order chi connectivity index (χ0) is 19.3. The second kappa shape index (κ2) is 7.12. The summed E-state index contributed by atoms with van der Waals surface area (Å²) < 4.78 is 2.93. The summed E-state index contributed by atoms with van der Waals surface area (Å²) in [6.45, 7) is 2.20. The fraction of sp³-hybridized carbons (Fsp3) is 0.714. The fourth-order valence-corrected chi connectivity index (χ4v) is 13.8. The van der Waals surface area contributed by atoms with Gasteiger partial charge in [-0.1, -0.05) is 147 Å². The number of rotatable bonds is 0. The minimum Gasteiger partial charge on any atom is -0.335 e. The van der Waals surface area contributed by atoms with Crippen LogP contribution >= 0.6 is 159 Å². The topological polar surface area (TPSA) is 9.23 Å². The van der Waals surface area contributed by atoms with E-state index in [1.165, 1.54) is 0 Å². The van der Waals surface area contributed by atoms with E-state index >= 15 is 0 Å². The first kappa shape index (κ1) is 23.9. The lowest BCUT2D eigenvalue weighted by molar-refractivity contribution is -0.105. The summed E-state index contributed by atoms with van der Waals surface area (Å²) >= 11 is 39.1. The van der Waals surface area contributed by atoms with Crippen LogP contribution in [-0.4, -0.2) is 33.8 Å². The van der Waals surface area contributed by atoms with Crippen LogP contribution in [0.4, 0.5) is 0 Å². The molecule has 0 saturated carbocycles. The second-order valence-electron chi connectivity index (χ2n) is 6.30. The summed E-state index contributed by atoms with van der Waals surface area (Å²) in [5.74, 6) is 0.0139. The van der Waals surface area contributed by atoms with Gasteiger partial charge in [0.25, 0.3) is 0 Å². The second-order valence-corrected chi connectivity index (χ2v) is 20.3. The molecule has 0 aromatic rings. The van der Waals surface area contributed by atoms with Crippen LogP contribution in [-0.2, 0) is 4.74 Å². The standard InChI is InChI=1S/C14H10Br10O/c1-6-11(19)9(17,4-2-7(15)13(11,21)22)25-10(18)5-3-8(16)14(23,24)12(6,10)20/h2-8H,1H3. The van der Waals surface area contributed by atoms with Crippen molar-refractivity contribution in [2.24, 2.45) is 5.92 Å². The molecule has 0 spiro atoms. The van der Waals surface area contributed by atoms with Gasteiger partial charge in [0.1, 0.15) is 6.47 Å². The van der Waals surface area contributed by atoms with E-state index in [0.29, 0.717) is 0 Å². The lowest BCUT2D eigenvalue weighted by Crippen LogP contribution is -2.80. The molecule has 0 amide bonds. The Morgan fingerprint density at radius 2 is 1.00 bits per heavy atom. The van der Waals surface area contributed by atoms with Gasteiger partial charge < -0.3 is 4.74 Å². The smallest absolute Gasteiger partial charge is 0.161 e. The maximum absolute atomic E-state index is 6.72. The third-order valence-electron chi connectivity index (χ3n) is 5.10. The van der Waals surface area contributed by atoms with Crippen LogP contribution in [0.1, 0.15) is 6.92 Å². The Hall–Kier alpha value is 4.24. The highest BCUT2D eigenvalue weighted by Gasteiger charge is 2.81. The number of hydrogen-bond donors (Lipinski definition) is 0. The number of fused-ring (bicyclic) bond motifs is 2. The first-order valence-electron chi connectivity index (χ1n) is 7.00. The van der Waals surface area contributed by atoms with Gasteiger partial charge in [-0.3, -0.25) is 0 Å². The van der Waals surface area contributed by atoms with Gasteiger partial charge in [0.05, 0.1) is 18.3 Å². The first-order valence-corrected chi connectivity index (χ1v) is 15.2. The van der Waals surface area contributed by atoms with Crippen molar-refractivity contribution in [1.82, 2.24) is 0 Å². The molecule has 6 atom stereocenters. The molecule has 1 heterocycles. The van der Waals surface area contributed by atoms with E-state index in [-0.39, 0.29) is 15.6 Å². The van der Waals surface area contributed by atoms with Gasteiger partial charge in [0.15, 0.2) is 9.02 Å². The maximum atomic E-state index is 6.72. The zero-order valence-electron chi connectivity index (χ0n) is 12.2. The number of alkyl halides is 10. The van der Waals surface area contributed by atoms with Crippen molar-refractivity contribution in [1.29, 1.82) is 0 Å². The van der Waals surface area contributed by atoms with Crippen LogP contribution in [0.25, 0.3) is 0 Å². The molecule has 0 bridgehead atoms. The van der Waals surface area contributed by atoms with Crippen LogP contribution in [0, 0.1) is 5.92 Å². The average Bonchev–Trinajstić information content (AvgIpc) is 2.51. The van der Waals surface area contributed by atoms with Crippen molar-refractivity contribution in [3.8, 4) is 0 Å². The van der Waals surface area contributed by atoms with E-state index in [1.54, 1.807) is 0 Å². The summed E-state index contributed by atoms with van der Waals surface area (Å²) in [6.07, 6.45) is 8.23. The molecular weight excluding hydrogens is 983 g/mol. The van der Waals surface area contributed by atoms with Gasteiger partial charge in [-0.05, 0) is 49.9 Å². The third kappa shape index (κ3) is 2.87. The van der Waals surface area contributed by atoms with Gasteiger partial charge >= 0.3 is 0 Å². The zero-order valence-corrected chi connectivity index (χ0v) is 28.1. The highest BCUT2D eigenvalue weighted by atomic mass is 79.9. The maximum Gasteiger partial charge on any atom is 0.161 e. The normalized spacial score (nSPS) is 56.2.